The van der Waals surface area contributed by atoms with Crippen LogP contribution in [0.3, 0.4) is 0 Å². The molecule has 1 aliphatic heterocycles. The molecule has 1 saturated heterocycles. The Kier molecular flexibility index (Phi) is 2.13. The van der Waals surface area contributed by atoms with E-state index in [2.05, 4.69) is 4.74 Å². The molecule has 76 valence electrons. The second-order valence-electron chi connectivity index (χ2n) is 3.02. The first-order valence-electron chi connectivity index (χ1n) is 4.25. The van der Waals surface area contributed by atoms with Gasteiger partial charge in [-0.3, -0.25) is 10.1 Å². The van der Waals surface area contributed by atoms with Gasteiger partial charge in [-0.25, -0.2) is 4.79 Å². The van der Waals surface area contributed by atoms with Crippen molar-refractivity contribution < 1.29 is 14.3 Å². The highest BCUT2D eigenvalue weighted by atomic mass is 16.6. The fourth-order valence-corrected chi connectivity index (χ4v) is 1.22. The normalized spacial score (nSPS) is 17.7. The van der Waals surface area contributed by atoms with Crippen molar-refractivity contribution in [2.75, 3.05) is 5.73 Å². The maximum absolute atomic E-state index is 11.1. The van der Waals surface area contributed by atoms with Crippen LogP contribution < -0.4 is 11.1 Å². The number of carbonyl (C=O) groups is 2. The highest BCUT2D eigenvalue weighted by Crippen LogP contribution is 2.14. The van der Waals surface area contributed by atoms with Gasteiger partial charge in [-0.15, -0.1) is 0 Å². The summed E-state index contributed by atoms with van der Waals surface area (Å²) in [7, 11) is 0. The largest absolute Gasteiger partial charge is 0.419 e. The molecule has 0 atom stereocenters. The molecular weight excluding hydrogens is 196 g/mol. The summed E-state index contributed by atoms with van der Waals surface area (Å²) in [6.07, 6.45) is 0.700. The van der Waals surface area contributed by atoms with E-state index >= 15 is 0 Å². The summed E-state index contributed by atoms with van der Waals surface area (Å²) < 4.78 is 4.64. The first kappa shape index (κ1) is 9.26. The zero-order valence-electron chi connectivity index (χ0n) is 7.69. The molecule has 2 amide bonds. The number of hydrogen-bond donors (Lipinski definition) is 2. The third-order valence-electron chi connectivity index (χ3n) is 1.85. The van der Waals surface area contributed by atoms with Crippen LogP contribution >= 0.6 is 0 Å². The number of carbonyl (C=O) groups excluding carboxylic acids is 2. The summed E-state index contributed by atoms with van der Waals surface area (Å²) >= 11 is 0. The molecule has 1 heterocycles. The first-order valence-corrected chi connectivity index (χ1v) is 4.25. The van der Waals surface area contributed by atoms with Gasteiger partial charge in [0, 0.05) is 5.69 Å². The Morgan fingerprint density at radius 2 is 2.13 bits per heavy atom. The van der Waals surface area contributed by atoms with E-state index in [1.54, 1.807) is 24.3 Å². The predicted octanol–water partition coefficient (Wildman–Crippen LogP) is 0.876. The Hall–Kier alpha value is -2.30. The van der Waals surface area contributed by atoms with Crippen molar-refractivity contribution >= 4 is 23.8 Å². The number of amides is 2. The number of benzene rings is 1. The zero-order chi connectivity index (χ0) is 10.8. The van der Waals surface area contributed by atoms with Crippen LogP contribution in [0.1, 0.15) is 5.56 Å². The molecule has 2 rings (SSSR count). The maximum atomic E-state index is 11.1. The topological polar surface area (TPSA) is 81.4 Å². The fraction of sp³-hybridized carbons (Fsp3) is 0. The molecule has 5 heteroatoms. The second kappa shape index (κ2) is 3.45. The van der Waals surface area contributed by atoms with Crippen molar-refractivity contribution in [1.82, 2.24) is 5.32 Å². The van der Waals surface area contributed by atoms with E-state index in [9.17, 15) is 9.59 Å². The Labute approximate surface area is 85.5 Å². The van der Waals surface area contributed by atoms with Crippen LogP contribution in [-0.2, 0) is 9.53 Å². The standard InChI is InChI=1S/C10H8N2O3/c11-7-3-1-2-6(4-7)5-8-9(13)12-10(14)15-8/h1-5H,11H2,(H,12,13,14)/b8-5-. The molecule has 0 bridgehead atoms. The summed E-state index contributed by atoms with van der Waals surface area (Å²) in [6, 6.07) is 6.90. The molecule has 0 saturated carbocycles. The van der Waals surface area contributed by atoms with Crippen LogP contribution in [-0.4, -0.2) is 12.0 Å². The van der Waals surface area contributed by atoms with E-state index in [-0.39, 0.29) is 5.76 Å². The minimum absolute atomic E-state index is 0.0226. The summed E-state index contributed by atoms with van der Waals surface area (Å²) in [6.45, 7) is 0. The molecule has 0 aliphatic carbocycles. The summed E-state index contributed by atoms with van der Waals surface area (Å²) in [5.74, 6) is -0.562. The van der Waals surface area contributed by atoms with Gasteiger partial charge < -0.3 is 10.5 Å². The van der Waals surface area contributed by atoms with Gasteiger partial charge in [0.25, 0.3) is 5.91 Å². The number of imide groups is 1. The van der Waals surface area contributed by atoms with Gasteiger partial charge in [0.15, 0.2) is 5.76 Å². The van der Waals surface area contributed by atoms with Crippen molar-refractivity contribution in [2.24, 2.45) is 0 Å². The van der Waals surface area contributed by atoms with Crippen molar-refractivity contribution in [3.63, 3.8) is 0 Å². The molecule has 1 aliphatic rings. The molecule has 0 aromatic heterocycles. The van der Waals surface area contributed by atoms with Crippen LogP contribution in [0.25, 0.3) is 6.08 Å². The third-order valence-corrected chi connectivity index (χ3v) is 1.85. The van der Waals surface area contributed by atoms with Crippen molar-refractivity contribution in [3.05, 3.63) is 35.6 Å². The Morgan fingerprint density at radius 3 is 2.73 bits per heavy atom. The number of alkyl carbamates (subject to hydrolysis) is 1. The molecule has 5 nitrogen and oxygen atoms in total. The van der Waals surface area contributed by atoms with Crippen molar-refractivity contribution in [1.29, 1.82) is 0 Å². The Morgan fingerprint density at radius 1 is 1.33 bits per heavy atom. The van der Waals surface area contributed by atoms with Crippen molar-refractivity contribution in [2.45, 2.75) is 0 Å². The summed E-state index contributed by atoms with van der Waals surface area (Å²) in [4.78, 5) is 21.8. The van der Waals surface area contributed by atoms with Gasteiger partial charge >= 0.3 is 6.09 Å². The van der Waals surface area contributed by atoms with E-state index < -0.39 is 12.0 Å². The van der Waals surface area contributed by atoms with Crippen molar-refractivity contribution in [3.8, 4) is 0 Å². The van der Waals surface area contributed by atoms with Crippen LogP contribution in [0.2, 0.25) is 0 Å². The number of nitrogen functional groups attached to an aromatic ring is 1. The third kappa shape index (κ3) is 1.96. The van der Waals surface area contributed by atoms with Crippen LogP contribution in [0.5, 0.6) is 0 Å². The first-order chi connectivity index (χ1) is 7.15. The molecule has 1 fully saturated rings. The van der Waals surface area contributed by atoms with E-state index in [1.165, 1.54) is 6.08 Å². The SMILES string of the molecule is Nc1cccc(/C=C2\OC(=O)NC2=O)c1. The maximum Gasteiger partial charge on any atom is 0.419 e. The Balaban J connectivity index is 2.31. The average molecular weight is 204 g/mol. The number of hydrogen-bond acceptors (Lipinski definition) is 4. The lowest BCUT2D eigenvalue weighted by Gasteiger charge is -1.96. The van der Waals surface area contributed by atoms with Gasteiger partial charge in [0.1, 0.15) is 0 Å². The molecule has 3 N–H and O–H groups in total. The van der Waals surface area contributed by atoms with Gasteiger partial charge in [-0.05, 0) is 23.8 Å². The zero-order valence-corrected chi connectivity index (χ0v) is 7.69. The predicted molar refractivity (Wildman–Crippen MR) is 53.5 cm³/mol. The average Bonchev–Trinajstić information content (AvgIpc) is 2.45. The second-order valence-corrected chi connectivity index (χ2v) is 3.02. The highest BCUT2D eigenvalue weighted by molar-refractivity contribution is 6.09. The molecule has 1 aromatic rings. The summed E-state index contributed by atoms with van der Waals surface area (Å²) in [5, 5.41) is 2.00. The quantitative estimate of drug-likeness (QED) is 0.525. The molecule has 0 unspecified atom stereocenters. The number of cyclic esters (lactones) is 1. The number of nitrogens with one attached hydrogen (secondary N) is 1. The van der Waals surface area contributed by atoms with Crippen LogP contribution in [0, 0.1) is 0 Å². The minimum atomic E-state index is -0.754. The molecule has 15 heavy (non-hydrogen) atoms. The van der Waals surface area contributed by atoms with E-state index in [1.807, 2.05) is 5.32 Å². The molecular formula is C10H8N2O3. The summed E-state index contributed by atoms with van der Waals surface area (Å²) in [5.41, 5.74) is 6.84. The fourth-order valence-electron chi connectivity index (χ4n) is 1.22. The van der Waals surface area contributed by atoms with Gasteiger partial charge in [-0.1, -0.05) is 12.1 Å². The van der Waals surface area contributed by atoms with Gasteiger partial charge in [0.2, 0.25) is 0 Å². The lowest BCUT2D eigenvalue weighted by atomic mass is 10.2. The highest BCUT2D eigenvalue weighted by Gasteiger charge is 2.25. The minimum Gasteiger partial charge on any atom is -0.404 e. The lowest BCUT2D eigenvalue weighted by Crippen LogP contribution is -2.18. The Bertz CT molecular complexity index is 465. The van der Waals surface area contributed by atoms with E-state index in [0.717, 1.165) is 0 Å². The lowest BCUT2D eigenvalue weighted by molar-refractivity contribution is -0.116. The van der Waals surface area contributed by atoms with E-state index in [4.69, 9.17) is 5.73 Å². The van der Waals surface area contributed by atoms with Crippen LogP contribution in [0.15, 0.2) is 30.0 Å². The molecule has 0 radical (unpaired) electrons. The van der Waals surface area contributed by atoms with Gasteiger partial charge in [0.05, 0.1) is 0 Å². The number of anilines is 1. The van der Waals surface area contributed by atoms with E-state index in [0.29, 0.717) is 11.3 Å². The smallest absolute Gasteiger partial charge is 0.404 e. The van der Waals surface area contributed by atoms with Crippen LogP contribution in [0.4, 0.5) is 10.5 Å². The monoisotopic (exact) mass is 204 g/mol. The van der Waals surface area contributed by atoms with Gasteiger partial charge in [-0.2, -0.15) is 0 Å². The molecule has 0 spiro atoms. The number of ether oxygens (including phenoxy) is 1. The molecule has 1 aromatic carbocycles. The number of rotatable bonds is 1. The number of nitrogens with two attached hydrogens (primary N) is 1.